The molecule has 1 atom stereocenters. The zero-order valence-corrected chi connectivity index (χ0v) is 19.8. The van der Waals surface area contributed by atoms with Crippen LogP contribution in [0.2, 0.25) is 0 Å². The molecule has 2 aromatic carbocycles. The zero-order chi connectivity index (χ0) is 24.6. The number of phenolic OH excluding ortho intramolecular Hbond substituents is 2. The summed E-state index contributed by atoms with van der Waals surface area (Å²) in [6.45, 7) is 7.77. The highest BCUT2D eigenvalue weighted by atomic mass is 16.6. The van der Waals surface area contributed by atoms with Gasteiger partial charge in [0.2, 0.25) is 5.43 Å². The first kappa shape index (κ1) is 23.9. The molecule has 7 heteroatoms. The lowest BCUT2D eigenvalue weighted by Gasteiger charge is -2.31. The van der Waals surface area contributed by atoms with Crippen molar-refractivity contribution in [1.29, 1.82) is 0 Å². The number of ether oxygens (including phenoxy) is 2. The Morgan fingerprint density at radius 2 is 1.91 bits per heavy atom. The molecule has 0 aliphatic carbocycles. The molecule has 0 saturated heterocycles. The van der Waals surface area contributed by atoms with Gasteiger partial charge in [-0.05, 0) is 51.8 Å². The van der Waals surface area contributed by atoms with Crippen molar-refractivity contribution in [2.45, 2.75) is 52.2 Å². The third-order valence-corrected chi connectivity index (χ3v) is 6.22. The minimum atomic E-state index is -0.733. The number of phenols is 2. The van der Waals surface area contributed by atoms with E-state index in [-0.39, 0.29) is 46.7 Å². The van der Waals surface area contributed by atoms with E-state index >= 15 is 0 Å². The summed E-state index contributed by atoms with van der Waals surface area (Å²) in [4.78, 5) is 13.6. The van der Waals surface area contributed by atoms with Crippen LogP contribution in [0.5, 0.6) is 17.2 Å². The second kappa shape index (κ2) is 9.16. The Morgan fingerprint density at radius 3 is 2.56 bits per heavy atom. The molecule has 0 unspecified atom stereocenters. The summed E-state index contributed by atoms with van der Waals surface area (Å²) in [5, 5.41) is 30.1. The largest absolute Gasteiger partial charge is 0.508 e. The van der Waals surface area contributed by atoms with Gasteiger partial charge >= 0.3 is 0 Å². The summed E-state index contributed by atoms with van der Waals surface area (Å²) >= 11 is 0. The first-order valence-corrected chi connectivity index (χ1v) is 11.3. The Balaban J connectivity index is 1.91. The summed E-state index contributed by atoms with van der Waals surface area (Å²) in [6, 6.07) is 6.24. The molecule has 0 fully saturated rings. The van der Waals surface area contributed by atoms with E-state index in [1.807, 2.05) is 33.8 Å². The van der Waals surface area contributed by atoms with Crippen LogP contribution >= 0.6 is 0 Å². The summed E-state index contributed by atoms with van der Waals surface area (Å²) < 4.78 is 18.1. The van der Waals surface area contributed by atoms with E-state index in [1.54, 1.807) is 12.1 Å². The van der Waals surface area contributed by atoms with Crippen molar-refractivity contribution >= 4 is 11.0 Å². The van der Waals surface area contributed by atoms with Crippen molar-refractivity contribution in [3.05, 3.63) is 63.5 Å². The first-order chi connectivity index (χ1) is 16.1. The van der Waals surface area contributed by atoms with Gasteiger partial charge in [-0.25, -0.2) is 0 Å². The zero-order valence-electron chi connectivity index (χ0n) is 19.8. The second-order valence-electron chi connectivity index (χ2n) is 9.34. The third kappa shape index (κ3) is 4.29. The van der Waals surface area contributed by atoms with Crippen LogP contribution in [0.15, 0.2) is 51.4 Å². The number of hydrogen-bond donors (Lipinski definition) is 3. The van der Waals surface area contributed by atoms with Crippen LogP contribution in [0.3, 0.4) is 0 Å². The highest BCUT2D eigenvalue weighted by molar-refractivity contribution is 5.93. The summed E-state index contributed by atoms with van der Waals surface area (Å²) in [5.74, 6) is 0.447. The molecule has 1 aromatic heterocycles. The van der Waals surface area contributed by atoms with Gasteiger partial charge in [0.1, 0.15) is 40.6 Å². The van der Waals surface area contributed by atoms with Crippen molar-refractivity contribution in [2.75, 3.05) is 13.2 Å². The molecule has 7 nitrogen and oxygen atoms in total. The Bertz CT molecular complexity index is 1300. The molecule has 1 aliphatic rings. The van der Waals surface area contributed by atoms with Crippen molar-refractivity contribution < 1.29 is 29.2 Å². The number of fused-ring (bicyclic) bond motifs is 2. The maximum Gasteiger partial charge on any atom is 0.204 e. The van der Waals surface area contributed by atoms with E-state index in [2.05, 4.69) is 0 Å². The van der Waals surface area contributed by atoms with Gasteiger partial charge < -0.3 is 29.2 Å². The number of aliphatic hydroxyl groups is 1. The highest BCUT2D eigenvalue weighted by Crippen LogP contribution is 2.46. The Hall–Kier alpha value is -3.29. The van der Waals surface area contributed by atoms with Gasteiger partial charge in [-0.3, -0.25) is 4.79 Å². The van der Waals surface area contributed by atoms with Gasteiger partial charge in [0, 0.05) is 17.5 Å². The molecule has 34 heavy (non-hydrogen) atoms. The molecule has 180 valence electrons. The standard InChI is InChI=1S/C27H30O7/c1-15(2)5-10-18-25-19(13-21(34-25)27(3,4)33-12-11-28)23(30)22-24(31)20(14-32-26(18)22)16-6-8-17(29)9-7-16/h5-9,14,21,28-30H,10-13H2,1-4H3/t21-/m0/s1. The highest BCUT2D eigenvalue weighted by Gasteiger charge is 2.41. The predicted molar refractivity (Wildman–Crippen MR) is 130 cm³/mol. The molecule has 3 aromatic rings. The molecule has 3 N–H and O–H groups in total. The minimum absolute atomic E-state index is 0.0906. The summed E-state index contributed by atoms with van der Waals surface area (Å²) in [7, 11) is 0. The lowest BCUT2D eigenvalue weighted by atomic mass is 9.93. The predicted octanol–water partition coefficient (Wildman–Crippen LogP) is 4.47. The van der Waals surface area contributed by atoms with Gasteiger partial charge in [0.15, 0.2) is 0 Å². The number of benzene rings is 2. The molecule has 2 heterocycles. The van der Waals surface area contributed by atoms with E-state index in [0.29, 0.717) is 35.3 Å². The average Bonchev–Trinajstić information content (AvgIpc) is 3.25. The van der Waals surface area contributed by atoms with Crippen LogP contribution in [0, 0.1) is 0 Å². The minimum Gasteiger partial charge on any atom is -0.508 e. The quantitative estimate of drug-likeness (QED) is 0.441. The molecular formula is C27H30O7. The van der Waals surface area contributed by atoms with E-state index in [1.165, 1.54) is 18.4 Å². The number of allylic oxidation sites excluding steroid dienone is 2. The summed E-state index contributed by atoms with van der Waals surface area (Å²) in [5.41, 5.74) is 2.40. The van der Waals surface area contributed by atoms with Crippen LogP contribution in [-0.2, 0) is 17.6 Å². The molecule has 0 amide bonds. The van der Waals surface area contributed by atoms with Crippen molar-refractivity contribution in [3.63, 3.8) is 0 Å². The molecular weight excluding hydrogens is 436 g/mol. The molecule has 0 spiro atoms. The van der Waals surface area contributed by atoms with Gasteiger partial charge in [-0.15, -0.1) is 0 Å². The Morgan fingerprint density at radius 1 is 1.21 bits per heavy atom. The summed E-state index contributed by atoms with van der Waals surface area (Å²) in [6.07, 6.45) is 3.79. The molecule has 0 radical (unpaired) electrons. The van der Waals surface area contributed by atoms with Crippen LogP contribution in [0.4, 0.5) is 0 Å². The molecule has 0 saturated carbocycles. The third-order valence-electron chi connectivity index (χ3n) is 6.22. The second-order valence-corrected chi connectivity index (χ2v) is 9.34. The molecule has 4 rings (SSSR count). The van der Waals surface area contributed by atoms with Crippen LogP contribution in [0.25, 0.3) is 22.1 Å². The lowest BCUT2D eigenvalue weighted by Crippen LogP contribution is -2.42. The maximum atomic E-state index is 13.6. The van der Waals surface area contributed by atoms with Crippen LogP contribution in [0.1, 0.15) is 38.8 Å². The number of aliphatic hydroxyl groups excluding tert-OH is 1. The fourth-order valence-corrected chi connectivity index (χ4v) is 4.27. The molecule has 1 aliphatic heterocycles. The Labute approximate surface area is 197 Å². The van der Waals surface area contributed by atoms with Crippen molar-refractivity contribution in [2.24, 2.45) is 0 Å². The van der Waals surface area contributed by atoms with Crippen molar-refractivity contribution in [1.82, 2.24) is 0 Å². The number of aromatic hydroxyl groups is 2. The monoisotopic (exact) mass is 466 g/mol. The van der Waals surface area contributed by atoms with Gasteiger partial charge in [-0.1, -0.05) is 23.8 Å². The number of rotatable bonds is 7. The van der Waals surface area contributed by atoms with E-state index in [9.17, 15) is 20.1 Å². The fraction of sp³-hybridized carbons (Fsp3) is 0.370. The first-order valence-electron chi connectivity index (χ1n) is 11.3. The van der Waals surface area contributed by atoms with Crippen molar-refractivity contribution in [3.8, 4) is 28.4 Å². The van der Waals surface area contributed by atoms with Crippen LogP contribution < -0.4 is 10.2 Å². The normalized spacial score (nSPS) is 15.3. The SMILES string of the molecule is CC(C)=CCc1c2c(c(O)c3c(=O)c(-c4ccc(O)cc4)coc13)C[C@@H](C(C)(C)OCCO)O2. The van der Waals surface area contributed by atoms with Crippen LogP contribution in [-0.4, -0.2) is 40.2 Å². The lowest BCUT2D eigenvalue weighted by molar-refractivity contribution is -0.0916. The number of hydrogen-bond acceptors (Lipinski definition) is 7. The van der Waals surface area contributed by atoms with E-state index in [4.69, 9.17) is 13.9 Å². The fourth-order valence-electron chi connectivity index (χ4n) is 4.27. The van der Waals surface area contributed by atoms with Gasteiger partial charge in [-0.2, -0.15) is 0 Å². The van der Waals surface area contributed by atoms with Gasteiger partial charge in [0.05, 0.1) is 24.4 Å². The van der Waals surface area contributed by atoms with E-state index < -0.39 is 11.7 Å². The molecule has 0 bridgehead atoms. The smallest absolute Gasteiger partial charge is 0.204 e. The maximum absolute atomic E-state index is 13.6. The average molecular weight is 467 g/mol. The van der Waals surface area contributed by atoms with Gasteiger partial charge in [0.25, 0.3) is 0 Å². The van der Waals surface area contributed by atoms with E-state index in [0.717, 1.165) is 5.57 Å². The topological polar surface area (TPSA) is 109 Å². The Kier molecular flexibility index (Phi) is 6.43.